The summed E-state index contributed by atoms with van der Waals surface area (Å²) >= 11 is 3.31. The maximum Gasteiger partial charge on any atom is 0.264 e. The number of amidine groups is 1. The third kappa shape index (κ3) is 2.96. The lowest BCUT2D eigenvalue weighted by atomic mass is 9.94. The Morgan fingerprint density at radius 3 is 2.35 bits per heavy atom. The summed E-state index contributed by atoms with van der Waals surface area (Å²) in [7, 11) is 0. The SMILES string of the molecule is CC(C)C(N)C1=NC(=O)C(c2ccc(Br)cc2)C(=O)N1. The van der Waals surface area contributed by atoms with Gasteiger partial charge in [-0.15, -0.1) is 0 Å². The third-order valence-corrected chi connectivity index (χ3v) is 3.76. The van der Waals surface area contributed by atoms with E-state index in [9.17, 15) is 9.59 Å². The van der Waals surface area contributed by atoms with Gasteiger partial charge in [-0.25, -0.2) is 0 Å². The van der Waals surface area contributed by atoms with E-state index >= 15 is 0 Å². The summed E-state index contributed by atoms with van der Waals surface area (Å²) in [6.45, 7) is 3.81. The summed E-state index contributed by atoms with van der Waals surface area (Å²) in [6, 6.07) is 6.59. The van der Waals surface area contributed by atoms with Crippen molar-refractivity contribution in [3.8, 4) is 0 Å². The van der Waals surface area contributed by atoms with Gasteiger partial charge in [0.05, 0.1) is 6.04 Å². The first-order valence-corrected chi connectivity index (χ1v) is 7.13. The van der Waals surface area contributed by atoms with Crippen molar-refractivity contribution in [2.45, 2.75) is 25.8 Å². The number of nitrogens with zero attached hydrogens (tertiary/aromatic N) is 1. The molecular weight excluding hydrogens is 322 g/mol. The molecule has 0 aliphatic carbocycles. The monoisotopic (exact) mass is 337 g/mol. The molecule has 0 saturated carbocycles. The smallest absolute Gasteiger partial charge is 0.264 e. The van der Waals surface area contributed by atoms with Gasteiger partial charge >= 0.3 is 0 Å². The fraction of sp³-hybridized carbons (Fsp3) is 0.357. The molecule has 5 nitrogen and oxygen atoms in total. The van der Waals surface area contributed by atoms with Gasteiger partial charge in [-0.3, -0.25) is 9.59 Å². The molecule has 3 N–H and O–H groups in total. The average Bonchev–Trinajstić information content (AvgIpc) is 2.39. The van der Waals surface area contributed by atoms with Crippen LogP contribution in [0.1, 0.15) is 25.3 Å². The van der Waals surface area contributed by atoms with E-state index in [2.05, 4.69) is 26.2 Å². The Morgan fingerprint density at radius 2 is 1.85 bits per heavy atom. The highest BCUT2D eigenvalue weighted by Crippen LogP contribution is 2.23. The lowest BCUT2D eigenvalue weighted by Gasteiger charge is -2.25. The number of benzene rings is 1. The van der Waals surface area contributed by atoms with E-state index in [1.54, 1.807) is 24.3 Å². The molecule has 0 radical (unpaired) electrons. The summed E-state index contributed by atoms with van der Waals surface area (Å²) in [5.41, 5.74) is 6.54. The van der Waals surface area contributed by atoms with Crippen LogP contribution in [-0.4, -0.2) is 23.7 Å². The first-order chi connectivity index (χ1) is 9.40. The molecule has 1 aromatic carbocycles. The van der Waals surface area contributed by atoms with Crippen LogP contribution in [-0.2, 0) is 9.59 Å². The van der Waals surface area contributed by atoms with Gasteiger partial charge in [-0.05, 0) is 23.6 Å². The van der Waals surface area contributed by atoms with E-state index in [0.29, 0.717) is 5.56 Å². The molecule has 0 spiro atoms. The van der Waals surface area contributed by atoms with Gasteiger partial charge in [-0.2, -0.15) is 4.99 Å². The van der Waals surface area contributed by atoms with Gasteiger partial charge in [-0.1, -0.05) is 41.9 Å². The van der Waals surface area contributed by atoms with Gasteiger partial charge in [0, 0.05) is 4.47 Å². The van der Waals surface area contributed by atoms with Crippen LogP contribution in [0.5, 0.6) is 0 Å². The predicted octanol–water partition coefficient (Wildman–Crippen LogP) is 1.57. The van der Waals surface area contributed by atoms with Crippen molar-refractivity contribution < 1.29 is 9.59 Å². The fourth-order valence-electron chi connectivity index (χ4n) is 1.94. The number of nitrogens with one attached hydrogen (secondary N) is 1. The number of carbonyl (C=O) groups excluding carboxylic acids is 2. The van der Waals surface area contributed by atoms with Crippen LogP contribution in [0.25, 0.3) is 0 Å². The zero-order valence-corrected chi connectivity index (χ0v) is 12.8. The lowest BCUT2D eigenvalue weighted by Crippen LogP contribution is -2.52. The summed E-state index contributed by atoms with van der Waals surface area (Å²) in [5, 5.41) is 2.64. The number of carbonyl (C=O) groups is 2. The van der Waals surface area contributed by atoms with E-state index < -0.39 is 17.9 Å². The van der Waals surface area contributed by atoms with E-state index in [0.717, 1.165) is 4.47 Å². The second-order valence-corrected chi connectivity index (χ2v) is 5.99. The number of amides is 2. The molecule has 20 heavy (non-hydrogen) atoms. The number of hydrogen-bond acceptors (Lipinski definition) is 3. The maximum atomic E-state index is 12.1. The lowest BCUT2D eigenvalue weighted by molar-refractivity contribution is -0.129. The van der Waals surface area contributed by atoms with Crippen LogP contribution in [0.2, 0.25) is 0 Å². The molecule has 2 amide bonds. The second-order valence-electron chi connectivity index (χ2n) is 5.08. The molecule has 106 valence electrons. The molecule has 1 aromatic rings. The summed E-state index contributed by atoms with van der Waals surface area (Å²) < 4.78 is 0.885. The van der Waals surface area contributed by atoms with Crippen LogP contribution in [0, 0.1) is 5.92 Å². The molecule has 0 fully saturated rings. The molecule has 6 heteroatoms. The molecule has 0 saturated heterocycles. The molecule has 1 heterocycles. The summed E-state index contributed by atoms with van der Waals surface area (Å²) in [6.07, 6.45) is 0. The first kappa shape index (κ1) is 14.9. The van der Waals surface area contributed by atoms with E-state index in [1.165, 1.54) is 0 Å². The zero-order valence-electron chi connectivity index (χ0n) is 11.3. The molecule has 2 rings (SSSR count). The van der Waals surface area contributed by atoms with E-state index in [-0.39, 0.29) is 17.7 Å². The number of hydrogen-bond donors (Lipinski definition) is 2. The Hall–Kier alpha value is -1.53. The molecule has 0 bridgehead atoms. The maximum absolute atomic E-state index is 12.1. The average molecular weight is 338 g/mol. The Morgan fingerprint density at radius 1 is 1.25 bits per heavy atom. The van der Waals surface area contributed by atoms with Crippen LogP contribution < -0.4 is 11.1 Å². The van der Waals surface area contributed by atoms with Crippen molar-refractivity contribution in [2.24, 2.45) is 16.6 Å². The van der Waals surface area contributed by atoms with Crippen molar-refractivity contribution in [2.75, 3.05) is 0 Å². The van der Waals surface area contributed by atoms with E-state index in [1.807, 2.05) is 13.8 Å². The summed E-state index contributed by atoms with van der Waals surface area (Å²) in [5.74, 6) is -1.40. The van der Waals surface area contributed by atoms with Gasteiger partial charge in [0.2, 0.25) is 5.91 Å². The normalized spacial score (nSPS) is 20.6. The van der Waals surface area contributed by atoms with Crippen molar-refractivity contribution in [3.63, 3.8) is 0 Å². The van der Waals surface area contributed by atoms with Gasteiger partial charge in [0.1, 0.15) is 11.8 Å². The Labute approximate surface area is 125 Å². The van der Waals surface area contributed by atoms with Crippen molar-refractivity contribution in [1.82, 2.24) is 5.32 Å². The fourth-order valence-corrected chi connectivity index (χ4v) is 2.21. The minimum Gasteiger partial charge on any atom is -0.321 e. The van der Waals surface area contributed by atoms with Crippen molar-refractivity contribution in [1.29, 1.82) is 0 Å². The molecule has 0 aromatic heterocycles. The molecule has 2 unspecified atom stereocenters. The minimum absolute atomic E-state index is 0.0890. The molecular formula is C14H16BrN3O2. The number of nitrogens with two attached hydrogens (primary N) is 1. The highest BCUT2D eigenvalue weighted by molar-refractivity contribution is 9.10. The molecule has 1 aliphatic heterocycles. The van der Waals surface area contributed by atoms with Crippen LogP contribution >= 0.6 is 15.9 Å². The summed E-state index contributed by atoms with van der Waals surface area (Å²) in [4.78, 5) is 28.2. The Bertz CT molecular complexity index is 566. The van der Waals surface area contributed by atoms with Gasteiger partial charge in [0.15, 0.2) is 0 Å². The largest absolute Gasteiger partial charge is 0.321 e. The first-order valence-electron chi connectivity index (χ1n) is 6.34. The Kier molecular flexibility index (Phi) is 4.35. The van der Waals surface area contributed by atoms with Gasteiger partial charge in [0.25, 0.3) is 5.91 Å². The highest BCUT2D eigenvalue weighted by Gasteiger charge is 2.35. The molecule has 1 aliphatic rings. The molecule has 2 atom stereocenters. The highest BCUT2D eigenvalue weighted by atomic mass is 79.9. The quantitative estimate of drug-likeness (QED) is 0.821. The third-order valence-electron chi connectivity index (χ3n) is 3.23. The Balaban J connectivity index is 2.29. The standard InChI is InChI=1S/C14H16BrN3O2/c1-7(2)11(16)12-17-13(19)10(14(20)18-12)8-3-5-9(15)6-4-8/h3-7,10-11H,16H2,1-2H3,(H,17,18,19,20). The van der Waals surface area contributed by atoms with E-state index in [4.69, 9.17) is 5.73 Å². The van der Waals surface area contributed by atoms with Crippen LogP contribution in [0.3, 0.4) is 0 Å². The minimum atomic E-state index is -0.897. The van der Waals surface area contributed by atoms with Crippen molar-refractivity contribution in [3.05, 3.63) is 34.3 Å². The number of aliphatic imine (C=N–C) groups is 1. The predicted molar refractivity (Wildman–Crippen MR) is 80.3 cm³/mol. The second kappa shape index (κ2) is 5.85. The van der Waals surface area contributed by atoms with Crippen molar-refractivity contribution >= 4 is 33.6 Å². The number of halogens is 1. The van der Waals surface area contributed by atoms with Crippen LogP contribution in [0.4, 0.5) is 0 Å². The van der Waals surface area contributed by atoms with Gasteiger partial charge < -0.3 is 11.1 Å². The zero-order chi connectivity index (χ0) is 14.9. The number of rotatable bonds is 3. The topological polar surface area (TPSA) is 84.5 Å². The van der Waals surface area contributed by atoms with Crippen LogP contribution in [0.15, 0.2) is 33.7 Å².